The number of para-hydroxylation sites is 2. The quantitative estimate of drug-likeness (QED) is 0.267. The first kappa shape index (κ1) is 30.1. The molecule has 8 heteroatoms. The highest BCUT2D eigenvalue weighted by molar-refractivity contribution is 5.85. The van der Waals surface area contributed by atoms with E-state index in [1.165, 1.54) is 0 Å². The Morgan fingerprint density at radius 2 is 1.35 bits per heavy atom. The van der Waals surface area contributed by atoms with Gasteiger partial charge in [-0.1, -0.05) is 48.5 Å². The number of ether oxygens (including phenoxy) is 5. The van der Waals surface area contributed by atoms with Gasteiger partial charge in [0.2, 0.25) is 0 Å². The minimum Gasteiger partial charge on any atom is -0.507 e. The summed E-state index contributed by atoms with van der Waals surface area (Å²) in [6, 6.07) is 30.9. The Morgan fingerprint density at radius 3 is 2.02 bits per heavy atom. The van der Waals surface area contributed by atoms with E-state index in [9.17, 15) is 5.11 Å². The van der Waals surface area contributed by atoms with Crippen LogP contribution in [-0.2, 0) is 22.6 Å². The van der Waals surface area contributed by atoms with Gasteiger partial charge < -0.3 is 28.8 Å². The van der Waals surface area contributed by atoms with Gasteiger partial charge in [-0.15, -0.1) is 0 Å². The number of fused-ring (bicyclic) bond motifs is 1. The van der Waals surface area contributed by atoms with Crippen molar-refractivity contribution in [1.29, 1.82) is 0 Å². The number of hydrogen-bond acceptors (Lipinski definition) is 8. The van der Waals surface area contributed by atoms with Crippen LogP contribution in [0, 0.1) is 0 Å². The SMILES string of the molecule is Oc1ccc(CN2CCOCCOc3ccccc3OCCOCC2)cc1C=Nc1ccc(OCc2ccccc2)cc1. The number of phenols is 1. The molecular weight excluding hydrogens is 544 g/mol. The predicted molar refractivity (Wildman–Crippen MR) is 167 cm³/mol. The van der Waals surface area contributed by atoms with Crippen LogP contribution in [-0.4, -0.2) is 69.0 Å². The second kappa shape index (κ2) is 16.3. The second-order valence-corrected chi connectivity index (χ2v) is 10.1. The number of phenolic OH excluding ortho intramolecular Hbond substituents is 1. The van der Waals surface area contributed by atoms with Crippen molar-refractivity contribution in [2.75, 3.05) is 52.7 Å². The Morgan fingerprint density at radius 1 is 0.698 bits per heavy atom. The molecular formula is C35H38N2O6. The standard InChI is InChI=1S/C35H38N2O6/c38-33-15-10-29(24-30(33)25-36-31-11-13-32(14-12-31)43-27-28-6-2-1-3-7-28)26-37-16-18-39-20-22-41-34-8-4-5-9-35(34)42-23-21-40-19-17-37/h1-15,24-25,38H,16-23,26-27H2. The van der Waals surface area contributed by atoms with Crippen LogP contribution in [0.1, 0.15) is 16.7 Å². The van der Waals surface area contributed by atoms with Crippen molar-refractivity contribution in [3.63, 3.8) is 0 Å². The van der Waals surface area contributed by atoms with Crippen LogP contribution < -0.4 is 14.2 Å². The molecule has 0 saturated heterocycles. The number of aliphatic imine (C=N–C) groups is 1. The summed E-state index contributed by atoms with van der Waals surface area (Å²) in [5.74, 6) is 2.37. The molecule has 1 aliphatic heterocycles. The van der Waals surface area contributed by atoms with Gasteiger partial charge in [-0.25, -0.2) is 0 Å². The highest BCUT2D eigenvalue weighted by Gasteiger charge is 2.10. The van der Waals surface area contributed by atoms with E-state index in [4.69, 9.17) is 23.7 Å². The third-order valence-corrected chi connectivity index (χ3v) is 6.86. The molecule has 0 aromatic heterocycles. The van der Waals surface area contributed by atoms with Gasteiger partial charge in [0, 0.05) is 31.4 Å². The van der Waals surface area contributed by atoms with Crippen LogP contribution in [0.5, 0.6) is 23.0 Å². The summed E-state index contributed by atoms with van der Waals surface area (Å²) in [4.78, 5) is 6.85. The highest BCUT2D eigenvalue weighted by atomic mass is 16.6. The van der Waals surface area contributed by atoms with Gasteiger partial charge >= 0.3 is 0 Å². The van der Waals surface area contributed by atoms with Gasteiger partial charge in [0.1, 0.15) is 31.3 Å². The van der Waals surface area contributed by atoms with Crippen molar-refractivity contribution < 1.29 is 28.8 Å². The Bertz CT molecular complexity index is 1390. The first-order chi connectivity index (χ1) is 21.2. The molecule has 1 N–H and O–H groups in total. The van der Waals surface area contributed by atoms with E-state index in [2.05, 4.69) is 9.89 Å². The molecule has 0 radical (unpaired) electrons. The van der Waals surface area contributed by atoms with Crippen molar-refractivity contribution in [3.05, 3.63) is 114 Å². The zero-order chi connectivity index (χ0) is 29.5. The van der Waals surface area contributed by atoms with Crippen molar-refractivity contribution in [2.24, 2.45) is 4.99 Å². The average Bonchev–Trinajstić information content (AvgIpc) is 3.05. The summed E-state index contributed by atoms with van der Waals surface area (Å²) in [5.41, 5.74) is 3.60. The average molecular weight is 583 g/mol. The van der Waals surface area contributed by atoms with Crippen LogP contribution in [0.15, 0.2) is 102 Å². The molecule has 1 heterocycles. The van der Waals surface area contributed by atoms with Crippen molar-refractivity contribution >= 4 is 11.9 Å². The van der Waals surface area contributed by atoms with Crippen LogP contribution in [0.3, 0.4) is 0 Å². The number of aromatic hydroxyl groups is 1. The first-order valence-electron chi connectivity index (χ1n) is 14.6. The lowest BCUT2D eigenvalue weighted by molar-refractivity contribution is 0.0575. The number of nitrogens with zero attached hydrogens (tertiary/aromatic N) is 2. The molecule has 0 unspecified atom stereocenters. The van der Waals surface area contributed by atoms with Gasteiger partial charge in [-0.2, -0.15) is 0 Å². The Balaban J connectivity index is 1.15. The minimum atomic E-state index is 0.181. The van der Waals surface area contributed by atoms with E-state index < -0.39 is 0 Å². The molecule has 0 bridgehead atoms. The van der Waals surface area contributed by atoms with Gasteiger partial charge in [-0.05, 0) is 59.7 Å². The maximum atomic E-state index is 10.5. The third kappa shape index (κ3) is 9.85. The molecule has 0 aliphatic carbocycles. The lowest BCUT2D eigenvalue weighted by Crippen LogP contribution is -2.31. The normalized spacial score (nSPS) is 15.4. The van der Waals surface area contributed by atoms with Gasteiger partial charge in [0.15, 0.2) is 11.5 Å². The van der Waals surface area contributed by atoms with E-state index in [0.717, 1.165) is 35.7 Å². The summed E-state index contributed by atoms with van der Waals surface area (Å²) in [7, 11) is 0. The smallest absolute Gasteiger partial charge is 0.161 e. The van der Waals surface area contributed by atoms with Crippen LogP contribution in [0.25, 0.3) is 0 Å². The molecule has 43 heavy (non-hydrogen) atoms. The molecule has 8 nitrogen and oxygen atoms in total. The predicted octanol–water partition coefficient (Wildman–Crippen LogP) is 6.03. The van der Waals surface area contributed by atoms with E-state index >= 15 is 0 Å². The van der Waals surface area contributed by atoms with Crippen molar-refractivity contribution in [2.45, 2.75) is 13.2 Å². The van der Waals surface area contributed by atoms with Gasteiger partial charge in [0.05, 0.1) is 32.1 Å². The highest BCUT2D eigenvalue weighted by Crippen LogP contribution is 2.26. The maximum absolute atomic E-state index is 10.5. The molecule has 0 amide bonds. The van der Waals surface area contributed by atoms with Crippen molar-refractivity contribution in [3.8, 4) is 23.0 Å². The monoisotopic (exact) mass is 582 g/mol. The molecule has 0 spiro atoms. The number of rotatable bonds is 7. The topological polar surface area (TPSA) is 82.0 Å². The Labute approximate surface area is 253 Å². The fourth-order valence-corrected chi connectivity index (χ4v) is 4.55. The summed E-state index contributed by atoms with van der Waals surface area (Å²) in [5, 5.41) is 10.5. The Hall–Kier alpha value is -4.37. The molecule has 5 rings (SSSR count). The summed E-state index contributed by atoms with van der Waals surface area (Å²) < 4.78 is 29.3. The molecule has 0 fully saturated rings. The van der Waals surface area contributed by atoms with Crippen molar-refractivity contribution in [1.82, 2.24) is 4.90 Å². The maximum Gasteiger partial charge on any atom is 0.161 e. The third-order valence-electron chi connectivity index (χ3n) is 6.86. The molecule has 4 aromatic carbocycles. The van der Waals surface area contributed by atoms with E-state index in [0.29, 0.717) is 69.9 Å². The number of benzene rings is 4. The summed E-state index contributed by atoms with van der Waals surface area (Å²) in [6.07, 6.45) is 1.69. The van der Waals surface area contributed by atoms with E-state index in [1.54, 1.807) is 12.3 Å². The molecule has 0 saturated carbocycles. The van der Waals surface area contributed by atoms with Gasteiger partial charge in [-0.3, -0.25) is 9.89 Å². The van der Waals surface area contributed by atoms with E-state index in [1.807, 2.05) is 91.0 Å². The summed E-state index contributed by atoms with van der Waals surface area (Å²) in [6.45, 7) is 5.66. The zero-order valence-corrected chi connectivity index (χ0v) is 24.3. The first-order valence-corrected chi connectivity index (χ1v) is 14.6. The van der Waals surface area contributed by atoms with Crippen LogP contribution in [0.4, 0.5) is 5.69 Å². The molecule has 4 aromatic rings. The van der Waals surface area contributed by atoms with Crippen LogP contribution >= 0.6 is 0 Å². The Kier molecular flexibility index (Phi) is 11.4. The van der Waals surface area contributed by atoms with Crippen LogP contribution in [0.2, 0.25) is 0 Å². The number of hydrogen-bond donors (Lipinski definition) is 1. The largest absolute Gasteiger partial charge is 0.507 e. The van der Waals surface area contributed by atoms with E-state index in [-0.39, 0.29) is 5.75 Å². The second-order valence-electron chi connectivity index (χ2n) is 10.1. The lowest BCUT2D eigenvalue weighted by Gasteiger charge is -2.22. The summed E-state index contributed by atoms with van der Waals surface area (Å²) >= 11 is 0. The molecule has 224 valence electrons. The van der Waals surface area contributed by atoms with Gasteiger partial charge in [0.25, 0.3) is 0 Å². The fraction of sp³-hybridized carbons (Fsp3) is 0.286. The zero-order valence-electron chi connectivity index (χ0n) is 24.3. The minimum absolute atomic E-state index is 0.181. The molecule has 1 aliphatic rings. The lowest BCUT2D eigenvalue weighted by atomic mass is 10.1. The molecule has 0 atom stereocenters. The fourth-order valence-electron chi connectivity index (χ4n) is 4.55.